The Bertz CT molecular complexity index is 384. The van der Waals surface area contributed by atoms with E-state index >= 15 is 0 Å². The van der Waals surface area contributed by atoms with Crippen molar-refractivity contribution in [3.05, 3.63) is 12.8 Å². The molecule has 2 fully saturated rings. The molecule has 0 aromatic carbocycles. The van der Waals surface area contributed by atoms with Gasteiger partial charge in [-0.3, -0.25) is 4.79 Å². The highest BCUT2D eigenvalue weighted by Crippen LogP contribution is 2.43. The monoisotopic (exact) mass is 266 g/mol. The lowest BCUT2D eigenvalue weighted by Gasteiger charge is -2.34. The van der Waals surface area contributed by atoms with Crippen molar-refractivity contribution in [1.82, 2.24) is 4.90 Å². The number of rotatable bonds is 2. The van der Waals surface area contributed by atoms with Crippen molar-refractivity contribution in [2.75, 3.05) is 26.3 Å². The summed E-state index contributed by atoms with van der Waals surface area (Å²) in [5.41, 5.74) is -0.867. The van der Waals surface area contributed by atoms with Gasteiger partial charge in [-0.2, -0.15) is 0 Å². The summed E-state index contributed by atoms with van der Waals surface area (Å²) in [5, 5.41) is 0.967. The molecule has 4 radical (unpaired) electrons. The number of esters is 1. The van der Waals surface area contributed by atoms with Gasteiger partial charge in [-0.1, -0.05) is 11.8 Å². The lowest BCUT2D eigenvalue weighted by atomic mass is 9.94. The number of carbonyl (C=O) groups is 1. The molecule has 3 rings (SSSR count). The molecule has 0 N–H and O–H groups in total. The third-order valence-corrected chi connectivity index (χ3v) is 4.43. The first kappa shape index (κ1) is 12.3. The van der Waals surface area contributed by atoms with Gasteiger partial charge in [0.15, 0.2) is 5.17 Å². The van der Waals surface area contributed by atoms with Crippen molar-refractivity contribution >= 4 is 22.9 Å². The van der Waals surface area contributed by atoms with E-state index in [9.17, 15) is 4.79 Å². The average molecular weight is 266 g/mol. The molecule has 0 aromatic rings. The van der Waals surface area contributed by atoms with Gasteiger partial charge in [0.25, 0.3) is 0 Å². The maximum absolute atomic E-state index is 11.0. The van der Waals surface area contributed by atoms with Crippen molar-refractivity contribution in [3.8, 4) is 0 Å². The second-order valence-electron chi connectivity index (χ2n) is 4.50. The second-order valence-corrected chi connectivity index (χ2v) is 5.53. The van der Waals surface area contributed by atoms with Gasteiger partial charge in [0.05, 0.1) is 6.61 Å². The number of ether oxygens (including phenoxy) is 2. The molecule has 0 saturated carbocycles. The van der Waals surface area contributed by atoms with Crippen LogP contribution in [0, 0.1) is 12.8 Å². The summed E-state index contributed by atoms with van der Waals surface area (Å²) in [5.74, 6) is -0.312. The highest BCUT2D eigenvalue weighted by molar-refractivity contribution is 8.14. The highest BCUT2D eigenvalue weighted by atomic mass is 32.2. The molecule has 2 unspecified atom stereocenters. The molecule has 2 saturated heterocycles. The largest absolute Gasteiger partial charge is 0.463 e. The van der Waals surface area contributed by atoms with Gasteiger partial charge in [-0.15, -0.1) is 0 Å². The van der Waals surface area contributed by atoms with E-state index in [1.54, 1.807) is 11.8 Å². The second kappa shape index (κ2) is 4.74. The summed E-state index contributed by atoms with van der Waals surface area (Å²) in [4.78, 5) is 17.9. The lowest BCUT2D eigenvalue weighted by molar-refractivity contribution is -0.143. The third-order valence-electron chi connectivity index (χ3n) is 3.13. The Labute approximate surface area is 111 Å². The molecule has 3 aliphatic rings. The molecule has 0 amide bonds. The van der Waals surface area contributed by atoms with E-state index in [1.807, 2.05) is 0 Å². The Morgan fingerprint density at radius 1 is 1.72 bits per heavy atom. The minimum atomic E-state index is -0.709. The molecule has 2 atom stereocenters. The van der Waals surface area contributed by atoms with Crippen LogP contribution in [0.25, 0.3) is 0 Å². The van der Waals surface area contributed by atoms with Gasteiger partial charge in [0, 0.05) is 32.9 Å². The number of thioether (sulfide) groups is 1. The Morgan fingerprint density at radius 2 is 2.56 bits per heavy atom. The first-order valence-electron chi connectivity index (χ1n) is 5.96. The van der Waals surface area contributed by atoms with E-state index in [4.69, 9.17) is 9.47 Å². The van der Waals surface area contributed by atoms with Gasteiger partial charge < -0.3 is 14.4 Å². The maximum atomic E-state index is 11.0. The van der Waals surface area contributed by atoms with Crippen molar-refractivity contribution in [2.24, 2.45) is 4.99 Å². The molecule has 0 aliphatic carbocycles. The molecule has 0 aromatic heterocycles. The summed E-state index contributed by atoms with van der Waals surface area (Å²) in [6.07, 6.45) is 7.21. The normalized spacial score (nSPS) is 34.6. The SMILES string of the molecule is CC(=O)OCC12[C][C]COC1SC(N1CCC1)=N2. The molecular formula is C12H14N2O3S. The number of hydrogen-bond acceptors (Lipinski definition) is 6. The fourth-order valence-corrected chi connectivity index (χ4v) is 3.26. The van der Waals surface area contributed by atoms with Crippen LogP contribution in [0.1, 0.15) is 13.3 Å². The zero-order valence-corrected chi connectivity index (χ0v) is 11.0. The van der Waals surface area contributed by atoms with Crippen LogP contribution in [-0.2, 0) is 14.3 Å². The van der Waals surface area contributed by atoms with Gasteiger partial charge >= 0.3 is 5.97 Å². The first-order valence-corrected chi connectivity index (χ1v) is 6.84. The molecule has 0 bridgehead atoms. The smallest absolute Gasteiger partial charge is 0.302 e. The molecule has 5 nitrogen and oxygen atoms in total. The molecule has 3 aliphatic heterocycles. The van der Waals surface area contributed by atoms with Crippen LogP contribution >= 0.6 is 11.8 Å². The molecule has 3 heterocycles. The summed E-state index contributed by atoms with van der Waals surface area (Å²) < 4.78 is 10.7. The summed E-state index contributed by atoms with van der Waals surface area (Å²) in [6, 6.07) is 0. The fourth-order valence-electron chi connectivity index (χ4n) is 2.01. The lowest BCUT2D eigenvalue weighted by Crippen LogP contribution is -2.46. The Kier molecular flexibility index (Phi) is 3.23. The molecule has 96 valence electrons. The van der Waals surface area contributed by atoms with Crippen LogP contribution < -0.4 is 0 Å². The van der Waals surface area contributed by atoms with Crippen molar-refractivity contribution in [1.29, 1.82) is 0 Å². The van der Waals surface area contributed by atoms with Crippen LogP contribution in [-0.4, -0.2) is 53.3 Å². The zero-order chi connectivity index (χ0) is 12.6. The Balaban J connectivity index is 1.76. The number of carbonyl (C=O) groups excluding carboxylic acids is 1. The fraction of sp³-hybridized carbons (Fsp3) is 0.667. The van der Waals surface area contributed by atoms with Gasteiger partial charge in [0.1, 0.15) is 17.6 Å². The topological polar surface area (TPSA) is 51.1 Å². The number of nitrogens with zero attached hydrogens (tertiary/aromatic N) is 2. The van der Waals surface area contributed by atoms with Gasteiger partial charge in [0.2, 0.25) is 0 Å². The zero-order valence-electron chi connectivity index (χ0n) is 10.1. The summed E-state index contributed by atoms with van der Waals surface area (Å²) >= 11 is 1.59. The number of likely N-dealkylation sites (tertiary alicyclic amines) is 1. The first-order chi connectivity index (χ1) is 8.70. The minimum absolute atomic E-state index is 0.159. The standard InChI is InChI=1S/C12H14N2O3S/c1-9(15)17-8-12-4-2-7-16-10(12)18-11(13-12)14-5-3-6-14/h10H,3,5-8H2,1H3. The number of aliphatic imine (C=N–C) groups is 1. The van der Waals surface area contributed by atoms with E-state index in [-0.39, 0.29) is 18.0 Å². The van der Waals surface area contributed by atoms with Crippen LogP contribution in [0.3, 0.4) is 0 Å². The minimum Gasteiger partial charge on any atom is -0.463 e. The molecular weight excluding hydrogens is 252 g/mol. The van der Waals surface area contributed by atoms with Crippen molar-refractivity contribution in [3.63, 3.8) is 0 Å². The summed E-state index contributed by atoms with van der Waals surface area (Å²) in [6.45, 7) is 4.06. The van der Waals surface area contributed by atoms with Gasteiger partial charge in [-0.25, -0.2) is 4.99 Å². The predicted octanol–water partition coefficient (Wildman–Crippen LogP) is 0.616. The number of fused-ring (bicyclic) bond motifs is 1. The van der Waals surface area contributed by atoms with Crippen molar-refractivity contribution < 1.29 is 14.3 Å². The molecule has 18 heavy (non-hydrogen) atoms. The van der Waals surface area contributed by atoms with E-state index in [0.717, 1.165) is 18.3 Å². The third kappa shape index (κ3) is 2.12. The van der Waals surface area contributed by atoms with E-state index in [2.05, 4.69) is 22.7 Å². The number of hydrogen-bond donors (Lipinski definition) is 0. The molecule has 6 heteroatoms. The van der Waals surface area contributed by atoms with E-state index in [0.29, 0.717) is 6.61 Å². The molecule has 0 spiro atoms. The Hall–Kier alpha value is -0.750. The summed E-state index contributed by atoms with van der Waals surface area (Å²) in [7, 11) is 0. The van der Waals surface area contributed by atoms with Crippen LogP contribution in [0.15, 0.2) is 4.99 Å². The quantitative estimate of drug-likeness (QED) is 0.686. The van der Waals surface area contributed by atoms with Crippen LogP contribution in [0.5, 0.6) is 0 Å². The van der Waals surface area contributed by atoms with E-state index < -0.39 is 5.54 Å². The van der Waals surface area contributed by atoms with Crippen LogP contribution in [0.2, 0.25) is 0 Å². The Morgan fingerprint density at radius 3 is 3.22 bits per heavy atom. The van der Waals surface area contributed by atoms with Crippen LogP contribution in [0.4, 0.5) is 0 Å². The van der Waals surface area contributed by atoms with E-state index in [1.165, 1.54) is 13.3 Å². The van der Waals surface area contributed by atoms with Crippen molar-refractivity contribution in [2.45, 2.75) is 24.3 Å². The average Bonchev–Trinajstić information content (AvgIpc) is 2.63. The number of amidine groups is 1. The highest BCUT2D eigenvalue weighted by Gasteiger charge is 2.50. The van der Waals surface area contributed by atoms with Gasteiger partial charge in [-0.05, 0) is 6.42 Å². The maximum Gasteiger partial charge on any atom is 0.302 e. The predicted molar refractivity (Wildman–Crippen MR) is 66.8 cm³/mol.